The van der Waals surface area contributed by atoms with Crippen LogP contribution in [0.1, 0.15) is 25.7 Å². The molecule has 0 aliphatic carbocycles. The zero-order valence-electron chi connectivity index (χ0n) is 9.94. The Labute approximate surface area is 103 Å². The smallest absolute Gasteiger partial charge is 0.242 e. The van der Waals surface area contributed by atoms with Crippen molar-refractivity contribution in [2.75, 3.05) is 26.2 Å². The Morgan fingerprint density at radius 3 is 1.22 bits per heavy atom. The van der Waals surface area contributed by atoms with Crippen molar-refractivity contribution >= 4 is 11.9 Å². The highest BCUT2D eigenvalue weighted by atomic mass is 19.3. The Hall–Kier alpha value is -1.28. The third-order valence-electron chi connectivity index (χ3n) is 2.87. The maximum Gasteiger partial charge on any atom is 0.459 e. The van der Waals surface area contributed by atoms with E-state index in [2.05, 4.69) is 19.9 Å². The normalized spacial score (nSPS) is 20.1. The molecular weight excluding hydrogens is 250 g/mol. The molecule has 2 fully saturated rings. The predicted octanol–water partition coefficient (Wildman–Crippen LogP) is 0.935. The molecule has 0 aromatic heterocycles. The molecule has 2 aliphatic rings. The van der Waals surface area contributed by atoms with Crippen molar-refractivity contribution in [2.24, 2.45) is 0 Å². The molecule has 0 saturated carbocycles. The summed E-state index contributed by atoms with van der Waals surface area (Å²) in [7, 11) is 0. The molecule has 0 bridgehead atoms. The van der Waals surface area contributed by atoms with Crippen LogP contribution in [0.2, 0.25) is 0 Å². The maximum absolute atomic E-state index is 10.5. The van der Waals surface area contributed by atoms with Crippen LogP contribution in [0.3, 0.4) is 0 Å². The highest BCUT2D eigenvalue weighted by Crippen LogP contribution is 2.16. The first-order valence-electron chi connectivity index (χ1n) is 5.84. The van der Waals surface area contributed by atoms with Gasteiger partial charge in [0.1, 0.15) is 0 Å². The van der Waals surface area contributed by atoms with Crippen LogP contribution in [-0.2, 0) is 19.5 Å². The van der Waals surface area contributed by atoms with Gasteiger partial charge in [-0.1, -0.05) is 0 Å². The molecule has 6 nitrogen and oxygen atoms in total. The number of hydrogen-bond donors (Lipinski definition) is 0. The third kappa shape index (κ3) is 4.53. The first kappa shape index (κ1) is 14.8. The van der Waals surface area contributed by atoms with Crippen molar-refractivity contribution in [1.82, 2.24) is 10.0 Å². The van der Waals surface area contributed by atoms with Crippen LogP contribution >= 0.6 is 0 Å². The van der Waals surface area contributed by atoms with E-state index in [1.54, 1.807) is 0 Å². The van der Waals surface area contributed by atoms with Crippen LogP contribution in [0.15, 0.2) is 0 Å². The Bertz CT molecular complexity index is 251. The van der Waals surface area contributed by atoms with E-state index in [-0.39, 0.29) is 0 Å². The molecule has 0 radical (unpaired) electrons. The zero-order valence-corrected chi connectivity index (χ0v) is 9.94. The number of hydrazine groups is 1. The molecule has 0 atom stereocenters. The summed E-state index contributed by atoms with van der Waals surface area (Å²) < 4.78 is 21.0. The van der Waals surface area contributed by atoms with Crippen LogP contribution < -0.4 is 0 Å². The van der Waals surface area contributed by atoms with Gasteiger partial charge >= 0.3 is 11.9 Å². The lowest BCUT2D eigenvalue weighted by Gasteiger charge is -2.26. The number of carbonyl (C=O) groups excluding carboxylic acids is 2. The molecule has 2 saturated heterocycles. The minimum absolute atomic E-state index is 1.32. The monoisotopic (exact) mass is 266 g/mol. The van der Waals surface area contributed by atoms with Crippen molar-refractivity contribution in [3.05, 3.63) is 0 Å². The molecular formula is C10H16F2N2O4. The Kier molecular flexibility index (Phi) is 6.51. The fourth-order valence-corrected chi connectivity index (χ4v) is 2.03. The average Bonchev–Trinajstić information content (AvgIpc) is 3.08. The van der Waals surface area contributed by atoms with Crippen LogP contribution in [0, 0.1) is 0 Å². The molecule has 0 N–H and O–H groups in total. The van der Waals surface area contributed by atoms with Gasteiger partial charge in [0.15, 0.2) is 0 Å². The number of halogens is 2. The highest BCUT2D eigenvalue weighted by molar-refractivity contribution is 6.29. The molecule has 2 heterocycles. The topological polar surface area (TPSA) is 59.1 Å². The number of carbonyl (C=O) groups is 2. The average molecular weight is 266 g/mol. The molecule has 0 amide bonds. The van der Waals surface area contributed by atoms with Crippen LogP contribution in [0.4, 0.5) is 9.05 Å². The Morgan fingerprint density at radius 2 is 1.00 bits per heavy atom. The van der Waals surface area contributed by atoms with E-state index in [0.29, 0.717) is 0 Å². The first-order chi connectivity index (χ1) is 8.69. The lowest BCUT2D eigenvalue weighted by Crippen LogP contribution is -2.38. The van der Waals surface area contributed by atoms with Gasteiger partial charge in [0, 0.05) is 35.2 Å². The van der Waals surface area contributed by atoms with Gasteiger partial charge in [-0.15, -0.1) is 0 Å². The quantitative estimate of drug-likeness (QED) is 0.658. The number of rotatable bonds is 1. The molecule has 8 heteroatoms. The van der Waals surface area contributed by atoms with Crippen LogP contribution in [0.25, 0.3) is 0 Å². The van der Waals surface area contributed by atoms with E-state index in [4.69, 9.17) is 0 Å². The SMILES string of the molecule is C1CCN(N2CCCC2)C1.O=C(OF)C(=O)OF. The van der Waals surface area contributed by atoms with Crippen molar-refractivity contribution in [1.29, 1.82) is 0 Å². The Balaban J connectivity index is 0.000000187. The number of nitrogens with zero attached hydrogens (tertiary/aromatic N) is 2. The van der Waals surface area contributed by atoms with Crippen LogP contribution in [-0.4, -0.2) is 48.1 Å². The molecule has 2 aliphatic heterocycles. The van der Waals surface area contributed by atoms with Crippen molar-refractivity contribution in [2.45, 2.75) is 25.7 Å². The van der Waals surface area contributed by atoms with Gasteiger partial charge in [-0.2, -0.15) is 0 Å². The molecule has 0 unspecified atom stereocenters. The molecule has 18 heavy (non-hydrogen) atoms. The second-order valence-corrected chi connectivity index (χ2v) is 4.05. The summed E-state index contributed by atoms with van der Waals surface area (Å²) in [5.74, 6) is -4.04. The summed E-state index contributed by atoms with van der Waals surface area (Å²) in [6, 6.07) is 0. The van der Waals surface area contributed by atoms with Crippen molar-refractivity contribution in [3.8, 4) is 0 Å². The Morgan fingerprint density at radius 1 is 0.722 bits per heavy atom. The van der Waals surface area contributed by atoms with Gasteiger partial charge in [0.05, 0.1) is 0 Å². The van der Waals surface area contributed by atoms with Gasteiger partial charge in [0.25, 0.3) is 0 Å². The van der Waals surface area contributed by atoms with Crippen LogP contribution in [0.5, 0.6) is 0 Å². The minimum atomic E-state index is -2.02. The summed E-state index contributed by atoms with van der Waals surface area (Å²) >= 11 is 0. The largest absolute Gasteiger partial charge is 0.459 e. The minimum Gasteiger partial charge on any atom is -0.242 e. The summed E-state index contributed by atoms with van der Waals surface area (Å²) in [5, 5.41) is 5.07. The fourth-order valence-electron chi connectivity index (χ4n) is 2.03. The van der Waals surface area contributed by atoms with Gasteiger partial charge in [-0.05, 0) is 25.7 Å². The fraction of sp³-hybridized carbons (Fsp3) is 0.800. The molecule has 0 aromatic carbocycles. The number of hydrogen-bond acceptors (Lipinski definition) is 6. The molecule has 0 spiro atoms. The lowest BCUT2D eigenvalue weighted by atomic mass is 10.4. The van der Waals surface area contributed by atoms with E-state index in [0.717, 1.165) is 0 Å². The third-order valence-corrected chi connectivity index (χ3v) is 2.87. The summed E-state index contributed by atoms with van der Waals surface area (Å²) in [6.07, 6.45) is 5.65. The van der Waals surface area contributed by atoms with Gasteiger partial charge in [0.2, 0.25) is 0 Å². The van der Waals surface area contributed by atoms with Gasteiger partial charge < -0.3 is 0 Å². The second-order valence-electron chi connectivity index (χ2n) is 4.05. The highest BCUT2D eigenvalue weighted by Gasteiger charge is 2.21. The lowest BCUT2D eigenvalue weighted by molar-refractivity contribution is -0.212. The maximum atomic E-state index is 10.5. The second kappa shape index (κ2) is 7.93. The molecule has 104 valence electrons. The summed E-state index contributed by atoms with van der Waals surface area (Å²) in [6.45, 7) is 5.28. The van der Waals surface area contributed by atoms with Crippen molar-refractivity contribution < 1.29 is 28.5 Å². The summed E-state index contributed by atoms with van der Waals surface area (Å²) in [5.41, 5.74) is 0. The first-order valence-corrected chi connectivity index (χ1v) is 5.84. The molecule has 2 rings (SSSR count). The van der Waals surface area contributed by atoms with E-state index in [1.807, 2.05) is 0 Å². The van der Waals surface area contributed by atoms with Crippen molar-refractivity contribution in [3.63, 3.8) is 0 Å². The molecule has 0 aromatic rings. The zero-order chi connectivity index (χ0) is 13.4. The summed E-state index contributed by atoms with van der Waals surface area (Å²) in [4.78, 5) is 23.4. The van der Waals surface area contributed by atoms with E-state index in [1.165, 1.54) is 51.9 Å². The van der Waals surface area contributed by atoms with E-state index in [9.17, 15) is 18.6 Å². The van der Waals surface area contributed by atoms with Gasteiger partial charge in [-0.3, -0.25) is 0 Å². The van der Waals surface area contributed by atoms with E-state index >= 15 is 0 Å². The van der Waals surface area contributed by atoms with Gasteiger partial charge in [-0.25, -0.2) is 29.5 Å². The predicted molar refractivity (Wildman–Crippen MR) is 56.0 cm³/mol. The van der Waals surface area contributed by atoms with E-state index < -0.39 is 11.9 Å². The standard InChI is InChI=1S/C8H16N2.C2F2O4/c1-2-6-9(5-1)10-7-3-4-8-10;3-7-1(5)2(6)8-4/h1-8H2;.